The molecule has 0 aliphatic carbocycles. The SMILES string of the molecule is C=CC#CC(CC(=O)O)c1ccc(OC)cc1. The maximum Gasteiger partial charge on any atom is 0.304 e. The van der Waals surface area contributed by atoms with Crippen molar-refractivity contribution in [1.82, 2.24) is 0 Å². The van der Waals surface area contributed by atoms with Gasteiger partial charge in [0.1, 0.15) is 5.75 Å². The molecule has 0 heterocycles. The monoisotopic (exact) mass is 230 g/mol. The molecular weight excluding hydrogens is 216 g/mol. The summed E-state index contributed by atoms with van der Waals surface area (Å²) in [6, 6.07) is 7.23. The minimum atomic E-state index is -0.871. The first-order valence-electron chi connectivity index (χ1n) is 5.15. The smallest absolute Gasteiger partial charge is 0.304 e. The molecule has 0 aromatic heterocycles. The van der Waals surface area contributed by atoms with Crippen LogP contribution in [0, 0.1) is 11.8 Å². The van der Waals surface area contributed by atoms with E-state index in [0.29, 0.717) is 0 Å². The van der Waals surface area contributed by atoms with E-state index in [2.05, 4.69) is 18.4 Å². The Bertz CT molecular complexity index is 449. The molecule has 1 rings (SSSR count). The molecular formula is C14H14O3. The number of allylic oxidation sites excluding steroid dienone is 1. The molecule has 17 heavy (non-hydrogen) atoms. The number of methoxy groups -OCH3 is 1. The molecule has 1 unspecified atom stereocenters. The summed E-state index contributed by atoms with van der Waals surface area (Å²) in [4.78, 5) is 10.8. The number of carboxylic acid groups (broad SMARTS) is 1. The van der Waals surface area contributed by atoms with Crippen molar-refractivity contribution in [3.05, 3.63) is 42.5 Å². The highest BCUT2D eigenvalue weighted by molar-refractivity contribution is 5.69. The summed E-state index contributed by atoms with van der Waals surface area (Å²) in [5.74, 6) is 5.11. The van der Waals surface area contributed by atoms with Crippen LogP contribution in [-0.2, 0) is 4.79 Å². The zero-order valence-electron chi connectivity index (χ0n) is 9.64. The van der Waals surface area contributed by atoms with Gasteiger partial charge in [-0.1, -0.05) is 30.6 Å². The highest BCUT2D eigenvalue weighted by Crippen LogP contribution is 2.21. The summed E-state index contributed by atoms with van der Waals surface area (Å²) >= 11 is 0. The summed E-state index contributed by atoms with van der Waals surface area (Å²) in [5.41, 5.74) is 0.863. The van der Waals surface area contributed by atoms with Crippen LogP contribution < -0.4 is 4.74 Å². The van der Waals surface area contributed by atoms with Gasteiger partial charge in [-0.05, 0) is 23.8 Å². The van der Waals surface area contributed by atoms with Crippen LogP contribution in [0.4, 0.5) is 0 Å². The molecule has 0 saturated carbocycles. The van der Waals surface area contributed by atoms with Gasteiger partial charge in [-0.25, -0.2) is 0 Å². The highest BCUT2D eigenvalue weighted by Gasteiger charge is 2.12. The minimum Gasteiger partial charge on any atom is -0.497 e. The molecule has 0 amide bonds. The average Bonchev–Trinajstić information content (AvgIpc) is 2.34. The number of hydrogen-bond donors (Lipinski definition) is 1. The normalized spacial score (nSPS) is 10.9. The van der Waals surface area contributed by atoms with Crippen LogP contribution in [0.2, 0.25) is 0 Å². The van der Waals surface area contributed by atoms with E-state index in [9.17, 15) is 4.79 Å². The van der Waals surface area contributed by atoms with E-state index in [4.69, 9.17) is 9.84 Å². The van der Waals surface area contributed by atoms with Crippen molar-refractivity contribution >= 4 is 5.97 Å². The molecule has 0 radical (unpaired) electrons. The van der Waals surface area contributed by atoms with Crippen molar-refractivity contribution in [2.75, 3.05) is 7.11 Å². The molecule has 1 aromatic rings. The van der Waals surface area contributed by atoms with Gasteiger partial charge in [0.15, 0.2) is 0 Å². The Hall–Kier alpha value is -2.21. The van der Waals surface area contributed by atoms with Crippen molar-refractivity contribution in [3.8, 4) is 17.6 Å². The fraction of sp³-hybridized carbons (Fsp3) is 0.214. The number of ether oxygens (including phenoxy) is 1. The fourth-order valence-electron chi connectivity index (χ4n) is 1.42. The Morgan fingerprint density at radius 3 is 2.65 bits per heavy atom. The van der Waals surface area contributed by atoms with Gasteiger partial charge in [0, 0.05) is 0 Å². The van der Waals surface area contributed by atoms with Crippen LogP contribution in [0.3, 0.4) is 0 Å². The Balaban J connectivity index is 2.94. The zero-order valence-corrected chi connectivity index (χ0v) is 9.64. The number of aliphatic carboxylic acids is 1. The summed E-state index contributed by atoms with van der Waals surface area (Å²) in [7, 11) is 1.58. The van der Waals surface area contributed by atoms with Crippen molar-refractivity contribution in [1.29, 1.82) is 0 Å². The van der Waals surface area contributed by atoms with Gasteiger partial charge >= 0.3 is 5.97 Å². The average molecular weight is 230 g/mol. The van der Waals surface area contributed by atoms with Crippen LogP contribution in [0.15, 0.2) is 36.9 Å². The van der Waals surface area contributed by atoms with E-state index in [1.165, 1.54) is 6.08 Å². The van der Waals surface area contributed by atoms with Crippen molar-refractivity contribution in [2.45, 2.75) is 12.3 Å². The first-order valence-corrected chi connectivity index (χ1v) is 5.15. The fourth-order valence-corrected chi connectivity index (χ4v) is 1.42. The Morgan fingerprint density at radius 1 is 1.53 bits per heavy atom. The zero-order chi connectivity index (χ0) is 12.7. The first kappa shape index (κ1) is 12.9. The molecule has 1 atom stereocenters. The lowest BCUT2D eigenvalue weighted by molar-refractivity contribution is -0.137. The predicted molar refractivity (Wildman–Crippen MR) is 66.0 cm³/mol. The lowest BCUT2D eigenvalue weighted by Gasteiger charge is -2.09. The third-order valence-electron chi connectivity index (χ3n) is 2.26. The second-order valence-electron chi connectivity index (χ2n) is 3.42. The molecule has 0 spiro atoms. The number of carboxylic acids is 1. The maximum atomic E-state index is 10.8. The van der Waals surface area contributed by atoms with E-state index >= 15 is 0 Å². The van der Waals surface area contributed by atoms with Crippen LogP contribution in [0.5, 0.6) is 5.75 Å². The largest absolute Gasteiger partial charge is 0.497 e. The molecule has 0 fully saturated rings. The maximum absolute atomic E-state index is 10.8. The van der Waals surface area contributed by atoms with Crippen LogP contribution >= 0.6 is 0 Å². The molecule has 0 bridgehead atoms. The van der Waals surface area contributed by atoms with Gasteiger partial charge < -0.3 is 9.84 Å². The lowest BCUT2D eigenvalue weighted by atomic mass is 9.96. The molecule has 0 aliphatic rings. The first-order chi connectivity index (χ1) is 8.17. The van der Waals surface area contributed by atoms with Gasteiger partial charge in [-0.15, -0.1) is 0 Å². The topological polar surface area (TPSA) is 46.5 Å². The Morgan fingerprint density at radius 2 is 2.18 bits per heavy atom. The van der Waals surface area contributed by atoms with E-state index in [1.807, 2.05) is 12.1 Å². The number of hydrogen-bond acceptors (Lipinski definition) is 2. The van der Waals surface area contributed by atoms with Gasteiger partial charge in [0.05, 0.1) is 19.4 Å². The van der Waals surface area contributed by atoms with Crippen molar-refractivity contribution in [2.24, 2.45) is 0 Å². The Kier molecular flexibility index (Phi) is 4.83. The van der Waals surface area contributed by atoms with Crippen LogP contribution in [-0.4, -0.2) is 18.2 Å². The van der Waals surface area contributed by atoms with Gasteiger partial charge in [-0.3, -0.25) is 4.79 Å². The van der Waals surface area contributed by atoms with Gasteiger partial charge in [-0.2, -0.15) is 0 Å². The van der Waals surface area contributed by atoms with Crippen molar-refractivity contribution in [3.63, 3.8) is 0 Å². The summed E-state index contributed by atoms with van der Waals surface area (Å²) < 4.78 is 5.04. The molecule has 3 heteroatoms. The quantitative estimate of drug-likeness (QED) is 0.808. The highest BCUT2D eigenvalue weighted by atomic mass is 16.5. The Labute approximate surface area is 101 Å². The van der Waals surface area contributed by atoms with Crippen molar-refractivity contribution < 1.29 is 14.6 Å². The molecule has 88 valence electrons. The van der Waals surface area contributed by atoms with Crippen LogP contribution in [0.25, 0.3) is 0 Å². The van der Waals surface area contributed by atoms with Crippen LogP contribution in [0.1, 0.15) is 17.9 Å². The standard InChI is InChI=1S/C14H14O3/c1-3-4-5-12(10-14(15)16)11-6-8-13(17-2)9-7-11/h3,6-9,12H,1,10H2,2H3,(H,15,16). The third-order valence-corrected chi connectivity index (χ3v) is 2.26. The summed E-state index contributed by atoms with van der Waals surface area (Å²) in [5, 5.41) is 8.83. The predicted octanol–water partition coefficient (Wildman–Crippen LogP) is 2.44. The second kappa shape index (κ2) is 6.39. The molecule has 3 nitrogen and oxygen atoms in total. The van der Waals surface area contributed by atoms with E-state index in [-0.39, 0.29) is 12.3 Å². The summed E-state index contributed by atoms with van der Waals surface area (Å²) in [6.07, 6.45) is 1.44. The number of benzene rings is 1. The lowest BCUT2D eigenvalue weighted by Crippen LogP contribution is -2.04. The van der Waals surface area contributed by atoms with E-state index in [0.717, 1.165) is 11.3 Å². The van der Waals surface area contributed by atoms with Gasteiger partial charge in [0.2, 0.25) is 0 Å². The molecule has 1 N–H and O–H groups in total. The number of carbonyl (C=O) groups is 1. The molecule has 1 aromatic carbocycles. The number of rotatable bonds is 4. The molecule has 0 aliphatic heterocycles. The third kappa shape index (κ3) is 4.04. The second-order valence-corrected chi connectivity index (χ2v) is 3.42. The van der Waals surface area contributed by atoms with E-state index in [1.54, 1.807) is 19.2 Å². The molecule has 0 saturated heterocycles. The van der Waals surface area contributed by atoms with E-state index < -0.39 is 5.97 Å². The minimum absolute atomic E-state index is 0.0207. The van der Waals surface area contributed by atoms with Gasteiger partial charge in [0.25, 0.3) is 0 Å². The summed E-state index contributed by atoms with van der Waals surface area (Å²) in [6.45, 7) is 3.49.